The van der Waals surface area contributed by atoms with Crippen LogP contribution in [0, 0.1) is 5.92 Å². The number of amides is 1. The van der Waals surface area contributed by atoms with Crippen molar-refractivity contribution in [3.05, 3.63) is 30.9 Å². The Hall–Kier alpha value is -2.90. The molecular weight excluding hydrogens is 330 g/mol. The molecule has 3 aromatic heterocycles. The zero-order chi connectivity index (χ0) is 18.5. The van der Waals surface area contributed by atoms with Gasteiger partial charge in [-0.2, -0.15) is 10.1 Å². The second-order valence-corrected chi connectivity index (χ2v) is 6.35. The molecule has 1 amide bonds. The first-order valence-electron chi connectivity index (χ1n) is 8.94. The summed E-state index contributed by atoms with van der Waals surface area (Å²) in [7, 11) is 1.60. The van der Waals surface area contributed by atoms with E-state index >= 15 is 0 Å². The molecule has 0 fully saturated rings. The van der Waals surface area contributed by atoms with Gasteiger partial charge in [0, 0.05) is 37.6 Å². The molecule has 0 saturated carbocycles. The van der Waals surface area contributed by atoms with Gasteiger partial charge in [0.2, 0.25) is 11.9 Å². The van der Waals surface area contributed by atoms with Crippen LogP contribution in [0.1, 0.15) is 26.7 Å². The molecule has 0 radical (unpaired) electrons. The molecule has 0 spiro atoms. The molecule has 26 heavy (non-hydrogen) atoms. The van der Waals surface area contributed by atoms with E-state index in [9.17, 15) is 4.79 Å². The summed E-state index contributed by atoms with van der Waals surface area (Å²) in [5.41, 5.74) is 1.67. The number of hydrogen-bond acceptors (Lipinski definition) is 5. The predicted octanol–water partition coefficient (Wildman–Crippen LogP) is 2.55. The van der Waals surface area contributed by atoms with Crippen LogP contribution in [-0.2, 0) is 17.9 Å². The lowest BCUT2D eigenvalue weighted by Gasteiger charge is -2.14. The monoisotopic (exact) mass is 355 g/mol. The van der Waals surface area contributed by atoms with Crippen LogP contribution >= 0.6 is 0 Å². The van der Waals surface area contributed by atoms with Crippen LogP contribution in [0.15, 0.2) is 30.9 Å². The highest BCUT2D eigenvalue weighted by Crippen LogP contribution is 2.20. The van der Waals surface area contributed by atoms with Gasteiger partial charge in [-0.05, 0) is 12.0 Å². The molecule has 8 nitrogen and oxygen atoms in total. The number of fused-ring (bicyclic) bond motifs is 1. The zero-order valence-electron chi connectivity index (χ0n) is 15.4. The molecule has 3 rings (SSSR count). The largest absolute Gasteiger partial charge is 0.358 e. The van der Waals surface area contributed by atoms with E-state index in [1.165, 1.54) is 0 Å². The van der Waals surface area contributed by atoms with Crippen molar-refractivity contribution in [2.45, 2.75) is 39.8 Å². The fourth-order valence-corrected chi connectivity index (χ4v) is 2.87. The predicted molar refractivity (Wildman–Crippen MR) is 101 cm³/mol. The third kappa shape index (κ3) is 4.01. The van der Waals surface area contributed by atoms with Crippen LogP contribution in [-0.4, -0.2) is 37.3 Å². The molecule has 0 aliphatic heterocycles. The summed E-state index contributed by atoms with van der Waals surface area (Å²) in [6, 6.07) is 2.04. The van der Waals surface area contributed by atoms with Gasteiger partial charge in [0.25, 0.3) is 0 Å². The van der Waals surface area contributed by atoms with Gasteiger partial charge in [0.05, 0.1) is 11.9 Å². The van der Waals surface area contributed by atoms with E-state index in [2.05, 4.69) is 50.3 Å². The van der Waals surface area contributed by atoms with Crippen molar-refractivity contribution in [2.75, 3.05) is 12.4 Å². The number of carbonyl (C=O) groups excluding carboxylic acids is 1. The highest BCUT2D eigenvalue weighted by atomic mass is 16.1. The molecule has 3 aromatic rings. The Balaban J connectivity index is 1.77. The molecule has 0 aliphatic rings. The second-order valence-electron chi connectivity index (χ2n) is 6.35. The van der Waals surface area contributed by atoms with Gasteiger partial charge >= 0.3 is 0 Å². The lowest BCUT2D eigenvalue weighted by Crippen LogP contribution is -2.23. The van der Waals surface area contributed by atoms with E-state index in [1.54, 1.807) is 24.1 Å². The summed E-state index contributed by atoms with van der Waals surface area (Å²) in [5.74, 6) is 1.05. The van der Waals surface area contributed by atoms with Crippen molar-refractivity contribution in [3.63, 3.8) is 0 Å². The average molecular weight is 355 g/mol. The van der Waals surface area contributed by atoms with Crippen molar-refractivity contribution < 1.29 is 4.79 Å². The fraction of sp³-hybridized carbons (Fsp3) is 0.444. The maximum Gasteiger partial charge on any atom is 0.241 e. The molecular formula is C18H25N7O. The number of anilines is 2. The third-order valence-electron chi connectivity index (χ3n) is 4.59. The Morgan fingerprint density at radius 2 is 2.08 bits per heavy atom. The van der Waals surface area contributed by atoms with Crippen LogP contribution in [0.25, 0.3) is 11.0 Å². The van der Waals surface area contributed by atoms with Crippen molar-refractivity contribution in [3.8, 4) is 0 Å². The van der Waals surface area contributed by atoms with Crippen LogP contribution in [0.5, 0.6) is 0 Å². The smallest absolute Gasteiger partial charge is 0.241 e. The van der Waals surface area contributed by atoms with E-state index in [-0.39, 0.29) is 12.5 Å². The van der Waals surface area contributed by atoms with Crippen molar-refractivity contribution in [1.82, 2.24) is 29.6 Å². The summed E-state index contributed by atoms with van der Waals surface area (Å²) in [4.78, 5) is 20.5. The Morgan fingerprint density at radius 1 is 1.27 bits per heavy atom. The number of carbonyl (C=O) groups is 1. The normalized spacial score (nSPS) is 11.2. The lowest BCUT2D eigenvalue weighted by molar-refractivity contribution is -0.121. The van der Waals surface area contributed by atoms with Crippen LogP contribution in [0.3, 0.4) is 0 Å². The number of aromatic nitrogens is 5. The summed E-state index contributed by atoms with van der Waals surface area (Å²) < 4.78 is 3.75. The van der Waals surface area contributed by atoms with Crippen molar-refractivity contribution in [1.29, 1.82) is 0 Å². The zero-order valence-corrected chi connectivity index (χ0v) is 15.4. The topological polar surface area (TPSA) is 89.7 Å². The van der Waals surface area contributed by atoms with Gasteiger partial charge in [-0.1, -0.05) is 26.7 Å². The summed E-state index contributed by atoms with van der Waals surface area (Å²) in [6.45, 7) is 5.57. The van der Waals surface area contributed by atoms with Gasteiger partial charge in [-0.15, -0.1) is 0 Å². The molecule has 0 atom stereocenters. The van der Waals surface area contributed by atoms with Gasteiger partial charge in [0.15, 0.2) is 0 Å². The number of hydrogen-bond donors (Lipinski definition) is 2. The average Bonchev–Trinajstić information content (AvgIpc) is 3.26. The number of nitrogens with zero attached hydrogens (tertiary/aromatic N) is 5. The first-order chi connectivity index (χ1) is 12.6. The molecule has 0 bridgehead atoms. The number of rotatable bonds is 8. The van der Waals surface area contributed by atoms with Crippen LogP contribution < -0.4 is 10.6 Å². The Bertz CT molecular complexity index is 879. The Kier molecular flexibility index (Phi) is 5.50. The molecule has 2 N–H and O–H groups in total. The lowest BCUT2D eigenvalue weighted by atomic mass is 10.0. The van der Waals surface area contributed by atoms with E-state index in [0.29, 0.717) is 11.9 Å². The summed E-state index contributed by atoms with van der Waals surface area (Å²) >= 11 is 0. The summed E-state index contributed by atoms with van der Waals surface area (Å²) in [6.07, 6.45) is 9.60. The quantitative estimate of drug-likeness (QED) is 0.648. The number of likely N-dealkylation sites (N-methyl/N-ethyl adjacent to an activating group) is 1. The molecule has 0 saturated heterocycles. The highest BCUT2D eigenvalue weighted by Gasteiger charge is 2.10. The maximum absolute atomic E-state index is 11.4. The maximum atomic E-state index is 11.4. The van der Waals surface area contributed by atoms with Crippen LogP contribution in [0.2, 0.25) is 0 Å². The minimum atomic E-state index is -0.100. The first-order valence-corrected chi connectivity index (χ1v) is 8.94. The third-order valence-corrected chi connectivity index (χ3v) is 4.59. The SMILES string of the molecule is CCC(CC)Cn1ccc2cnc(Nc3cnn(CC(=O)NC)c3)nc21. The molecule has 0 aromatic carbocycles. The summed E-state index contributed by atoms with van der Waals surface area (Å²) in [5, 5.41) is 10.9. The first kappa shape index (κ1) is 17.9. The molecule has 0 aliphatic carbocycles. The van der Waals surface area contributed by atoms with Gasteiger partial charge in [0.1, 0.15) is 12.2 Å². The van der Waals surface area contributed by atoms with E-state index < -0.39 is 0 Å². The van der Waals surface area contributed by atoms with Gasteiger partial charge in [-0.3, -0.25) is 9.48 Å². The Labute approximate surface area is 152 Å². The molecule has 0 unspecified atom stereocenters. The van der Waals surface area contributed by atoms with E-state index in [0.717, 1.165) is 36.1 Å². The molecule has 8 heteroatoms. The minimum absolute atomic E-state index is 0.100. The van der Waals surface area contributed by atoms with Gasteiger partial charge < -0.3 is 15.2 Å². The minimum Gasteiger partial charge on any atom is -0.358 e. The Morgan fingerprint density at radius 3 is 2.81 bits per heavy atom. The molecule has 138 valence electrons. The second kappa shape index (κ2) is 7.99. The van der Waals surface area contributed by atoms with Crippen molar-refractivity contribution >= 4 is 28.6 Å². The standard InChI is InChI=1S/C18H25N7O/c1-4-13(5-2)10-24-7-6-14-8-20-18(23-17(14)24)22-15-9-21-25(11-15)12-16(26)19-3/h6-9,11,13H,4-5,10,12H2,1-3H3,(H,19,26)(H,20,22,23). The fourth-order valence-electron chi connectivity index (χ4n) is 2.87. The number of nitrogens with one attached hydrogen (secondary N) is 2. The van der Waals surface area contributed by atoms with Crippen molar-refractivity contribution in [2.24, 2.45) is 5.92 Å². The molecule has 3 heterocycles. The van der Waals surface area contributed by atoms with Crippen LogP contribution in [0.4, 0.5) is 11.6 Å². The van der Waals surface area contributed by atoms with E-state index in [4.69, 9.17) is 0 Å². The van der Waals surface area contributed by atoms with E-state index in [1.807, 2.05) is 12.3 Å². The highest BCUT2D eigenvalue weighted by molar-refractivity contribution is 5.77. The van der Waals surface area contributed by atoms with Gasteiger partial charge in [-0.25, -0.2) is 4.98 Å².